The molecule has 3 aliphatic rings. The second-order valence-corrected chi connectivity index (χ2v) is 12.3. The van der Waals surface area contributed by atoms with Crippen molar-refractivity contribution in [3.05, 3.63) is 12.2 Å². The highest BCUT2D eigenvalue weighted by atomic mass is 19.3. The van der Waals surface area contributed by atoms with Crippen LogP contribution in [0.1, 0.15) is 117 Å². The Hall–Kier alpha value is -1.87. The van der Waals surface area contributed by atoms with Crippen LogP contribution < -0.4 is 0 Å². The lowest BCUT2D eigenvalue weighted by molar-refractivity contribution is -0.193. The predicted octanol–water partition coefficient (Wildman–Crippen LogP) is 7.10. The molecule has 5 atom stereocenters. The van der Waals surface area contributed by atoms with Gasteiger partial charge < -0.3 is 18.9 Å². The molecule has 7 nitrogen and oxygen atoms in total. The molecule has 2 aliphatic carbocycles. The van der Waals surface area contributed by atoms with Gasteiger partial charge in [0.2, 0.25) is 5.78 Å². The summed E-state index contributed by atoms with van der Waals surface area (Å²) in [5.74, 6) is -6.60. The SMILES string of the molecule is CC(=O)O[C@H]1C[C@@H](OC2CCCCO2)[C@H](/C=C/C(=O)C(F)(F)C2CCCCC2)[C@H]1CCCCCCC(=O)OC(C)C. The summed E-state index contributed by atoms with van der Waals surface area (Å²) in [6.07, 6.45) is 11.8. The number of rotatable bonds is 15. The highest BCUT2D eigenvalue weighted by Gasteiger charge is 2.48. The molecule has 1 saturated heterocycles. The summed E-state index contributed by atoms with van der Waals surface area (Å²) in [7, 11) is 0. The van der Waals surface area contributed by atoms with E-state index in [1.54, 1.807) is 6.08 Å². The van der Waals surface area contributed by atoms with Crippen molar-refractivity contribution in [1.29, 1.82) is 0 Å². The van der Waals surface area contributed by atoms with E-state index in [0.717, 1.165) is 70.3 Å². The van der Waals surface area contributed by atoms with Crippen molar-refractivity contribution in [3.63, 3.8) is 0 Å². The highest BCUT2D eigenvalue weighted by Crippen LogP contribution is 2.43. The molecule has 0 spiro atoms. The number of alkyl halides is 2. The largest absolute Gasteiger partial charge is 0.463 e. The first-order valence-corrected chi connectivity index (χ1v) is 15.8. The van der Waals surface area contributed by atoms with Gasteiger partial charge in [-0.25, -0.2) is 0 Å². The van der Waals surface area contributed by atoms with Crippen molar-refractivity contribution in [3.8, 4) is 0 Å². The summed E-state index contributed by atoms with van der Waals surface area (Å²) in [5, 5.41) is 0. The average Bonchev–Trinajstić information content (AvgIpc) is 3.24. The van der Waals surface area contributed by atoms with Crippen LogP contribution in [0.5, 0.6) is 0 Å². The Morgan fingerprint density at radius 1 is 0.951 bits per heavy atom. The van der Waals surface area contributed by atoms with E-state index in [4.69, 9.17) is 18.9 Å². The van der Waals surface area contributed by atoms with Crippen LogP contribution in [-0.4, -0.2) is 54.9 Å². The number of allylic oxidation sites excluding steroid dienone is 1. The molecule has 9 heteroatoms. The smallest absolute Gasteiger partial charge is 0.311 e. The molecular weight excluding hydrogens is 534 g/mol. The molecule has 3 rings (SSSR count). The summed E-state index contributed by atoms with van der Waals surface area (Å²) in [6, 6.07) is 0. The predicted molar refractivity (Wildman–Crippen MR) is 150 cm³/mol. The molecular formula is C32H50F2O7. The van der Waals surface area contributed by atoms with E-state index in [0.29, 0.717) is 38.7 Å². The molecule has 0 bridgehead atoms. The Morgan fingerprint density at radius 3 is 2.32 bits per heavy atom. The number of hydrogen-bond acceptors (Lipinski definition) is 7. The minimum Gasteiger partial charge on any atom is -0.463 e. The lowest BCUT2D eigenvalue weighted by Crippen LogP contribution is -2.37. The maximum atomic E-state index is 15.1. The van der Waals surface area contributed by atoms with Crippen molar-refractivity contribution >= 4 is 17.7 Å². The maximum absolute atomic E-state index is 15.1. The Kier molecular flexibility index (Phi) is 13.7. The summed E-state index contributed by atoms with van der Waals surface area (Å²) in [6.45, 7) is 5.62. The third kappa shape index (κ3) is 10.7. The van der Waals surface area contributed by atoms with Gasteiger partial charge in [0, 0.05) is 44.1 Å². The fourth-order valence-corrected chi connectivity index (χ4v) is 6.54. The van der Waals surface area contributed by atoms with Crippen LogP contribution in [0.4, 0.5) is 8.78 Å². The van der Waals surface area contributed by atoms with Gasteiger partial charge in [0.15, 0.2) is 6.29 Å². The van der Waals surface area contributed by atoms with Crippen LogP contribution >= 0.6 is 0 Å². The molecule has 0 aromatic rings. The van der Waals surface area contributed by atoms with Gasteiger partial charge in [0.05, 0.1) is 12.2 Å². The molecule has 3 fully saturated rings. The lowest BCUT2D eigenvalue weighted by atomic mass is 9.82. The van der Waals surface area contributed by atoms with E-state index in [1.165, 1.54) is 6.92 Å². The molecule has 0 aromatic carbocycles. The van der Waals surface area contributed by atoms with E-state index >= 15 is 8.78 Å². The van der Waals surface area contributed by atoms with Crippen LogP contribution in [0.15, 0.2) is 12.2 Å². The number of hydrogen-bond donors (Lipinski definition) is 0. The lowest BCUT2D eigenvalue weighted by Gasteiger charge is -2.30. The topological polar surface area (TPSA) is 88.1 Å². The molecule has 2 saturated carbocycles. The molecule has 0 amide bonds. The zero-order valence-corrected chi connectivity index (χ0v) is 25.1. The van der Waals surface area contributed by atoms with Gasteiger partial charge in [-0.2, -0.15) is 8.78 Å². The van der Waals surface area contributed by atoms with Crippen LogP contribution in [0.2, 0.25) is 0 Å². The fraction of sp³-hybridized carbons (Fsp3) is 0.844. The van der Waals surface area contributed by atoms with Crippen molar-refractivity contribution in [1.82, 2.24) is 0 Å². The van der Waals surface area contributed by atoms with Crippen LogP contribution in [0.3, 0.4) is 0 Å². The van der Waals surface area contributed by atoms with Crippen LogP contribution in [0.25, 0.3) is 0 Å². The van der Waals surface area contributed by atoms with E-state index in [-0.39, 0.29) is 23.9 Å². The Balaban J connectivity index is 1.68. The van der Waals surface area contributed by atoms with Gasteiger partial charge in [-0.3, -0.25) is 14.4 Å². The number of unbranched alkanes of at least 4 members (excludes halogenated alkanes) is 3. The van der Waals surface area contributed by atoms with E-state index in [9.17, 15) is 14.4 Å². The summed E-state index contributed by atoms with van der Waals surface area (Å²) in [4.78, 5) is 36.6. The van der Waals surface area contributed by atoms with Crippen LogP contribution in [-0.2, 0) is 33.3 Å². The number of carbonyl (C=O) groups excluding carboxylic acids is 3. The second-order valence-electron chi connectivity index (χ2n) is 12.3. The van der Waals surface area contributed by atoms with E-state index < -0.39 is 42.1 Å². The molecule has 1 aliphatic heterocycles. The molecule has 1 heterocycles. The van der Waals surface area contributed by atoms with Crippen molar-refractivity contribution in [2.75, 3.05) is 6.61 Å². The maximum Gasteiger partial charge on any atom is 0.311 e. The van der Waals surface area contributed by atoms with Gasteiger partial charge >= 0.3 is 17.9 Å². The van der Waals surface area contributed by atoms with Gasteiger partial charge in [0.25, 0.3) is 0 Å². The van der Waals surface area contributed by atoms with Gasteiger partial charge in [0.1, 0.15) is 6.10 Å². The standard InChI is InChI=1S/C32H50F2O7/c1-22(2)39-30(37)16-10-5-4-9-15-25-26(18-19-29(36)32(33,34)24-13-7-6-8-14-24)28(21-27(25)40-23(3)35)41-31-17-11-12-20-38-31/h18-19,22,24-28,31H,4-17,20-21H2,1-3H3/b19-18+/t25-,26-,27+,28-,31?/m1/s1. The minimum atomic E-state index is -3.39. The van der Waals surface area contributed by atoms with Crippen LogP contribution in [0, 0.1) is 17.8 Å². The number of ketones is 1. The van der Waals surface area contributed by atoms with Crippen molar-refractivity contribution < 1.29 is 42.1 Å². The van der Waals surface area contributed by atoms with Crippen molar-refractivity contribution in [2.24, 2.45) is 17.8 Å². The fourth-order valence-electron chi connectivity index (χ4n) is 6.54. The number of ether oxygens (including phenoxy) is 4. The minimum absolute atomic E-state index is 0.128. The normalized spacial score (nSPS) is 27.8. The Labute approximate surface area is 244 Å². The first kappa shape index (κ1) is 33.6. The molecule has 1 unspecified atom stereocenters. The molecule has 234 valence electrons. The third-order valence-corrected chi connectivity index (χ3v) is 8.60. The second kappa shape index (κ2) is 16.7. The van der Waals surface area contributed by atoms with Gasteiger partial charge in [-0.15, -0.1) is 0 Å². The first-order valence-electron chi connectivity index (χ1n) is 15.8. The quantitative estimate of drug-likeness (QED) is 0.115. The number of halogens is 2. The molecule has 0 aromatic heterocycles. The number of esters is 2. The van der Waals surface area contributed by atoms with E-state index in [2.05, 4.69) is 0 Å². The summed E-state index contributed by atoms with van der Waals surface area (Å²) < 4.78 is 53.2. The van der Waals surface area contributed by atoms with Crippen molar-refractivity contribution in [2.45, 2.75) is 148 Å². The zero-order valence-electron chi connectivity index (χ0n) is 25.1. The molecule has 0 N–H and O–H groups in total. The van der Waals surface area contributed by atoms with Gasteiger partial charge in [-0.05, 0) is 64.9 Å². The summed E-state index contributed by atoms with van der Waals surface area (Å²) >= 11 is 0. The third-order valence-electron chi connectivity index (χ3n) is 8.60. The average molecular weight is 585 g/mol. The molecule has 41 heavy (non-hydrogen) atoms. The molecule has 0 radical (unpaired) electrons. The Bertz CT molecular complexity index is 862. The first-order chi connectivity index (χ1) is 19.6. The highest BCUT2D eigenvalue weighted by molar-refractivity contribution is 5.95. The Morgan fingerprint density at radius 2 is 1.66 bits per heavy atom. The zero-order chi connectivity index (χ0) is 29.8. The van der Waals surface area contributed by atoms with Gasteiger partial charge in [-0.1, -0.05) is 44.6 Å². The number of carbonyl (C=O) groups is 3. The summed E-state index contributed by atoms with van der Waals surface area (Å²) in [5.41, 5.74) is 0. The van der Waals surface area contributed by atoms with E-state index in [1.807, 2.05) is 13.8 Å². The monoisotopic (exact) mass is 584 g/mol.